The fraction of sp³-hybridized carbons (Fsp3) is 0.444. The molecule has 2 aromatic carbocycles. The largest absolute Gasteiger partial charge is 0.454 e. The molecule has 184 valence electrons. The van der Waals surface area contributed by atoms with Gasteiger partial charge in [0.2, 0.25) is 12.7 Å². The van der Waals surface area contributed by atoms with Gasteiger partial charge in [-0.3, -0.25) is 4.79 Å². The quantitative estimate of drug-likeness (QED) is 0.519. The number of carbonyl (C=O) groups is 1. The number of amides is 1. The molecule has 0 bridgehead atoms. The summed E-state index contributed by atoms with van der Waals surface area (Å²) in [7, 11) is 1.59. The van der Waals surface area contributed by atoms with E-state index in [0.29, 0.717) is 12.3 Å². The number of aromatic nitrogens is 1. The van der Waals surface area contributed by atoms with E-state index in [9.17, 15) is 9.90 Å². The minimum Gasteiger partial charge on any atom is -0.454 e. The van der Waals surface area contributed by atoms with Crippen LogP contribution in [0.25, 0.3) is 10.9 Å². The number of hydrogen-bond donors (Lipinski definition) is 2. The first-order valence-electron chi connectivity index (χ1n) is 11.7. The Labute approximate surface area is 202 Å². The smallest absolute Gasteiger partial charge is 0.235 e. The van der Waals surface area contributed by atoms with E-state index in [2.05, 4.69) is 36.7 Å². The number of methoxy groups -OCH3 is 1. The summed E-state index contributed by atoms with van der Waals surface area (Å²) in [6.45, 7) is 7.42. The number of aliphatic hydroxyl groups excluding tert-OH is 1. The first kappa shape index (κ1) is 22.7. The van der Waals surface area contributed by atoms with Gasteiger partial charge in [0.05, 0.1) is 24.7 Å². The third kappa shape index (κ3) is 4.03. The SMILES string of the molecule is COC[C@@H](O)Cn1c(C(C)(C)C)cc2cc(NC(=O)C3(c4ccc5c(c4)OCO5)CC3)ccc21.[HH].[HH]. The predicted molar refractivity (Wildman–Crippen MR) is 135 cm³/mol. The van der Waals surface area contributed by atoms with Gasteiger partial charge in [-0.25, -0.2) is 0 Å². The van der Waals surface area contributed by atoms with Crippen LogP contribution >= 0.6 is 0 Å². The van der Waals surface area contributed by atoms with E-state index in [-0.39, 0.29) is 27.6 Å². The Morgan fingerprint density at radius 2 is 1.94 bits per heavy atom. The van der Waals surface area contributed by atoms with Gasteiger partial charge in [-0.1, -0.05) is 26.8 Å². The Hall–Kier alpha value is -3.03. The molecule has 2 heterocycles. The highest BCUT2D eigenvalue weighted by Gasteiger charge is 2.51. The van der Waals surface area contributed by atoms with Gasteiger partial charge in [-0.15, -0.1) is 0 Å². The molecule has 1 aliphatic carbocycles. The first-order chi connectivity index (χ1) is 16.2. The Morgan fingerprint density at radius 1 is 1.18 bits per heavy atom. The van der Waals surface area contributed by atoms with Crippen molar-refractivity contribution in [3.05, 3.63) is 53.7 Å². The van der Waals surface area contributed by atoms with Gasteiger partial charge in [0.15, 0.2) is 11.5 Å². The van der Waals surface area contributed by atoms with Crippen molar-refractivity contribution >= 4 is 22.5 Å². The van der Waals surface area contributed by atoms with E-state index in [1.807, 2.05) is 36.4 Å². The minimum absolute atomic E-state index is 0. The van der Waals surface area contributed by atoms with Gasteiger partial charge in [0.1, 0.15) is 0 Å². The first-order valence-corrected chi connectivity index (χ1v) is 11.7. The van der Waals surface area contributed by atoms with E-state index in [4.69, 9.17) is 14.2 Å². The molecule has 1 atom stereocenters. The van der Waals surface area contributed by atoms with Crippen molar-refractivity contribution in [2.75, 3.05) is 25.8 Å². The van der Waals surface area contributed by atoms with Crippen LogP contribution in [0, 0.1) is 0 Å². The number of anilines is 1. The number of aliphatic hydroxyl groups is 1. The fourth-order valence-electron chi connectivity index (χ4n) is 4.84. The Morgan fingerprint density at radius 3 is 2.65 bits per heavy atom. The Kier molecular flexibility index (Phi) is 5.57. The van der Waals surface area contributed by atoms with Crippen molar-refractivity contribution in [3.63, 3.8) is 0 Å². The maximum absolute atomic E-state index is 13.3. The second-order valence-electron chi connectivity index (χ2n) is 10.4. The molecule has 7 nitrogen and oxygen atoms in total. The maximum atomic E-state index is 13.3. The molecule has 1 fully saturated rings. The third-order valence-corrected chi connectivity index (χ3v) is 6.79. The number of carbonyl (C=O) groups excluding carboxylic acids is 1. The molecule has 1 aliphatic heterocycles. The molecule has 34 heavy (non-hydrogen) atoms. The summed E-state index contributed by atoms with van der Waals surface area (Å²) in [6, 6.07) is 13.9. The minimum atomic E-state index is -0.600. The van der Waals surface area contributed by atoms with Crippen LogP contribution in [-0.4, -0.2) is 42.2 Å². The van der Waals surface area contributed by atoms with Crippen molar-refractivity contribution < 1.29 is 27.0 Å². The molecule has 5 rings (SSSR count). The van der Waals surface area contributed by atoms with Crippen LogP contribution in [0.5, 0.6) is 11.5 Å². The summed E-state index contributed by atoms with van der Waals surface area (Å²) in [5.74, 6) is 1.42. The molecule has 0 saturated heterocycles. The predicted octanol–water partition coefficient (Wildman–Crippen LogP) is 4.84. The molecule has 3 aromatic rings. The highest BCUT2D eigenvalue weighted by molar-refractivity contribution is 6.02. The summed E-state index contributed by atoms with van der Waals surface area (Å²) in [6.07, 6.45) is 1.02. The molecule has 0 radical (unpaired) electrons. The third-order valence-electron chi connectivity index (χ3n) is 6.79. The van der Waals surface area contributed by atoms with Gasteiger partial charge in [-0.05, 0) is 54.8 Å². The number of nitrogens with zero attached hydrogens (tertiary/aromatic N) is 1. The van der Waals surface area contributed by atoms with Crippen LogP contribution in [0.1, 0.15) is 47.7 Å². The molecule has 7 heteroatoms. The van der Waals surface area contributed by atoms with Crippen LogP contribution in [0.2, 0.25) is 0 Å². The molecular weight excluding hydrogens is 432 g/mol. The highest BCUT2D eigenvalue weighted by atomic mass is 16.7. The normalized spacial score (nSPS) is 17.1. The maximum Gasteiger partial charge on any atom is 0.235 e. The van der Waals surface area contributed by atoms with Crippen LogP contribution in [0.4, 0.5) is 5.69 Å². The number of rotatable bonds is 7. The monoisotopic (exact) mass is 468 g/mol. The summed E-state index contributed by atoms with van der Waals surface area (Å²) in [4.78, 5) is 13.3. The zero-order valence-electron chi connectivity index (χ0n) is 20.2. The van der Waals surface area contributed by atoms with Gasteiger partial charge in [-0.2, -0.15) is 0 Å². The summed E-state index contributed by atoms with van der Waals surface area (Å²) in [5.41, 5.74) is 3.24. The van der Waals surface area contributed by atoms with Crippen molar-refractivity contribution in [2.45, 2.75) is 57.1 Å². The van der Waals surface area contributed by atoms with Crippen molar-refractivity contribution in [3.8, 4) is 11.5 Å². The average molecular weight is 469 g/mol. The topological polar surface area (TPSA) is 82.0 Å². The van der Waals surface area contributed by atoms with Crippen LogP contribution in [0.15, 0.2) is 42.5 Å². The van der Waals surface area contributed by atoms with E-state index in [0.717, 1.165) is 46.4 Å². The molecular formula is C27H36N2O5. The van der Waals surface area contributed by atoms with Gasteiger partial charge in [0.25, 0.3) is 0 Å². The lowest BCUT2D eigenvalue weighted by Crippen LogP contribution is -2.27. The number of fused-ring (bicyclic) bond motifs is 2. The second kappa shape index (κ2) is 8.32. The van der Waals surface area contributed by atoms with Crippen LogP contribution in [0.3, 0.4) is 0 Å². The number of hydrogen-bond acceptors (Lipinski definition) is 5. The fourth-order valence-corrected chi connectivity index (χ4v) is 4.84. The van der Waals surface area contributed by atoms with Crippen LogP contribution in [-0.2, 0) is 26.9 Å². The van der Waals surface area contributed by atoms with Crippen LogP contribution < -0.4 is 14.8 Å². The molecule has 2 aliphatic rings. The van der Waals surface area contributed by atoms with E-state index in [1.54, 1.807) is 7.11 Å². The average Bonchev–Trinajstić information content (AvgIpc) is 3.33. The number of nitrogens with one attached hydrogen (secondary N) is 1. The molecule has 0 unspecified atom stereocenters. The summed E-state index contributed by atoms with van der Waals surface area (Å²) in [5, 5.41) is 14.6. The van der Waals surface area contributed by atoms with E-state index in [1.165, 1.54) is 0 Å². The summed E-state index contributed by atoms with van der Waals surface area (Å²) < 4.78 is 18.2. The van der Waals surface area contributed by atoms with E-state index < -0.39 is 11.5 Å². The summed E-state index contributed by atoms with van der Waals surface area (Å²) >= 11 is 0. The zero-order valence-corrected chi connectivity index (χ0v) is 20.2. The lowest BCUT2D eigenvalue weighted by atomic mass is 9.92. The van der Waals surface area contributed by atoms with Gasteiger partial charge >= 0.3 is 0 Å². The highest BCUT2D eigenvalue weighted by Crippen LogP contribution is 2.51. The molecule has 0 spiro atoms. The number of benzene rings is 2. The zero-order chi connectivity index (χ0) is 24.1. The van der Waals surface area contributed by atoms with Gasteiger partial charge < -0.3 is 29.2 Å². The van der Waals surface area contributed by atoms with E-state index >= 15 is 0 Å². The van der Waals surface area contributed by atoms with Gasteiger partial charge in [0, 0.05) is 37.7 Å². The van der Waals surface area contributed by atoms with Crippen molar-refractivity contribution in [1.82, 2.24) is 4.57 Å². The standard InChI is InChI=1S/C27H32N2O5.2H2/c1-26(2,3)24-12-17-11-19(6-7-21(17)29(24)14-20(30)15-32-4)28-25(31)27(9-10-27)18-5-8-22-23(13-18)34-16-33-22;;/h5-8,11-13,20,30H,9-10,14-16H2,1-4H3,(H,28,31);2*1H/t20-;;/m0../s1. The second-order valence-corrected chi connectivity index (χ2v) is 10.4. The Balaban J connectivity index is 0.00000180. The molecule has 1 saturated carbocycles. The molecule has 1 aromatic heterocycles. The Bertz CT molecular complexity index is 1250. The number of ether oxygens (including phenoxy) is 3. The lowest BCUT2D eigenvalue weighted by Gasteiger charge is -2.23. The molecule has 1 amide bonds. The molecule has 2 N–H and O–H groups in total. The van der Waals surface area contributed by atoms with Crippen molar-refractivity contribution in [1.29, 1.82) is 0 Å². The van der Waals surface area contributed by atoms with Crippen molar-refractivity contribution in [2.24, 2.45) is 0 Å². The lowest BCUT2D eigenvalue weighted by molar-refractivity contribution is -0.118.